The first-order chi connectivity index (χ1) is 16.3. The van der Waals surface area contributed by atoms with Gasteiger partial charge in [0.05, 0.1) is 16.9 Å². The average Bonchev–Trinajstić information content (AvgIpc) is 3.17. The Balaban J connectivity index is 1.84. The molecule has 0 bridgehead atoms. The maximum Gasteiger partial charge on any atom is 0.279 e. The Kier molecular flexibility index (Phi) is 7.21. The van der Waals surface area contributed by atoms with E-state index in [0.717, 1.165) is 32.1 Å². The summed E-state index contributed by atoms with van der Waals surface area (Å²) in [4.78, 5) is 37.0. The molecular weight excluding hydrogens is 459 g/mol. The van der Waals surface area contributed by atoms with Crippen molar-refractivity contribution in [1.29, 1.82) is 0 Å². The summed E-state index contributed by atoms with van der Waals surface area (Å²) in [6, 6.07) is 2.86. The minimum Gasteiger partial charge on any atom is -0.351 e. The van der Waals surface area contributed by atoms with Gasteiger partial charge in [-0.2, -0.15) is 5.10 Å². The molecule has 34 heavy (non-hydrogen) atoms. The zero-order valence-corrected chi connectivity index (χ0v) is 19.8. The zero-order valence-electron chi connectivity index (χ0n) is 19.0. The molecule has 4 rings (SSSR count). The van der Waals surface area contributed by atoms with Gasteiger partial charge in [0, 0.05) is 42.9 Å². The Morgan fingerprint density at radius 1 is 1.24 bits per heavy atom. The molecule has 3 aromatic rings. The number of carbonyl (C=O) groups excluding carboxylic acids is 2. The second-order valence-corrected chi connectivity index (χ2v) is 8.86. The van der Waals surface area contributed by atoms with Crippen molar-refractivity contribution < 1.29 is 14.0 Å². The molecule has 1 atom stereocenters. The minimum atomic E-state index is -1.08. The molecule has 2 amide bonds. The number of nitrogens with zero attached hydrogens (tertiary/aromatic N) is 5. The molecule has 2 heterocycles. The summed E-state index contributed by atoms with van der Waals surface area (Å²) in [5.74, 6) is -1.54. The summed E-state index contributed by atoms with van der Waals surface area (Å²) in [5.41, 5.74) is 1.44. The van der Waals surface area contributed by atoms with Gasteiger partial charge in [0.1, 0.15) is 17.6 Å². The number of aromatic nitrogens is 4. The van der Waals surface area contributed by atoms with E-state index >= 15 is 0 Å². The van der Waals surface area contributed by atoms with Crippen LogP contribution in [-0.4, -0.2) is 37.6 Å². The predicted octanol–water partition coefficient (Wildman–Crippen LogP) is 4.15. The third-order valence-corrected chi connectivity index (χ3v) is 6.28. The number of amides is 2. The highest BCUT2D eigenvalue weighted by atomic mass is 35.5. The van der Waals surface area contributed by atoms with Gasteiger partial charge in [-0.15, -0.1) is 0 Å². The normalized spacial score (nSPS) is 15.1. The molecule has 0 radical (unpaired) electrons. The fraction of sp³-hybridized carbons (Fsp3) is 0.375. The summed E-state index contributed by atoms with van der Waals surface area (Å²) in [5, 5.41) is 7.35. The molecule has 178 valence electrons. The van der Waals surface area contributed by atoms with Crippen LogP contribution >= 0.6 is 11.6 Å². The highest BCUT2D eigenvalue weighted by Crippen LogP contribution is 2.33. The second kappa shape index (κ2) is 10.3. The van der Waals surface area contributed by atoms with Crippen LogP contribution in [0.2, 0.25) is 5.02 Å². The molecule has 1 saturated carbocycles. The number of aryl methyl sites for hydroxylation is 2. The molecule has 1 aliphatic rings. The predicted molar refractivity (Wildman–Crippen MR) is 126 cm³/mol. The minimum absolute atomic E-state index is 0.0194. The summed E-state index contributed by atoms with van der Waals surface area (Å²) in [6.07, 6.45) is 10.9. The molecule has 1 aromatic carbocycles. The first-order valence-corrected chi connectivity index (χ1v) is 11.6. The van der Waals surface area contributed by atoms with E-state index in [-0.39, 0.29) is 28.4 Å². The van der Waals surface area contributed by atoms with Crippen LogP contribution in [0.25, 0.3) is 0 Å². The Morgan fingerprint density at radius 2 is 2.00 bits per heavy atom. The number of nitrogens with one attached hydrogen (secondary N) is 1. The lowest BCUT2D eigenvalue weighted by Crippen LogP contribution is -2.47. The molecule has 0 spiro atoms. The van der Waals surface area contributed by atoms with Crippen LogP contribution in [0.3, 0.4) is 0 Å². The molecule has 1 aliphatic carbocycles. The van der Waals surface area contributed by atoms with E-state index in [2.05, 4.69) is 20.4 Å². The lowest BCUT2D eigenvalue weighted by Gasteiger charge is -2.33. The van der Waals surface area contributed by atoms with Crippen LogP contribution in [0.5, 0.6) is 0 Å². The van der Waals surface area contributed by atoms with Gasteiger partial charge in [-0.3, -0.25) is 24.2 Å². The molecule has 1 fully saturated rings. The molecule has 0 aliphatic heterocycles. The number of benzene rings is 1. The quantitative estimate of drug-likeness (QED) is 0.567. The smallest absolute Gasteiger partial charge is 0.279 e. The fourth-order valence-corrected chi connectivity index (χ4v) is 4.54. The summed E-state index contributed by atoms with van der Waals surface area (Å²) in [7, 11) is 1.75. The number of carbonyl (C=O) groups is 2. The third-order valence-electron chi connectivity index (χ3n) is 5.99. The Morgan fingerprint density at radius 3 is 2.62 bits per heavy atom. The number of rotatable bonds is 6. The van der Waals surface area contributed by atoms with E-state index in [1.54, 1.807) is 24.9 Å². The van der Waals surface area contributed by atoms with Crippen LogP contribution in [0.1, 0.15) is 59.9 Å². The largest absolute Gasteiger partial charge is 0.351 e. The van der Waals surface area contributed by atoms with E-state index in [4.69, 9.17) is 11.6 Å². The van der Waals surface area contributed by atoms with E-state index in [1.807, 2.05) is 0 Å². The SMILES string of the molecule is Cc1nn(C)cc1C(C(=O)NC1CCCCC1)N(C(=O)c1cnccn1)c1ccc(F)c(Cl)c1. The Hall–Kier alpha value is -3.33. The van der Waals surface area contributed by atoms with Crippen LogP contribution < -0.4 is 10.2 Å². The van der Waals surface area contributed by atoms with Gasteiger partial charge in [0.25, 0.3) is 5.91 Å². The van der Waals surface area contributed by atoms with Crippen molar-refractivity contribution in [1.82, 2.24) is 25.1 Å². The average molecular weight is 485 g/mol. The molecule has 8 nitrogen and oxygen atoms in total. The number of hydrogen-bond donors (Lipinski definition) is 1. The lowest BCUT2D eigenvalue weighted by molar-refractivity contribution is -0.123. The van der Waals surface area contributed by atoms with Gasteiger partial charge < -0.3 is 5.32 Å². The second-order valence-electron chi connectivity index (χ2n) is 8.45. The van der Waals surface area contributed by atoms with Crippen molar-refractivity contribution in [2.75, 3.05) is 4.90 Å². The number of anilines is 1. The van der Waals surface area contributed by atoms with Gasteiger partial charge in [-0.25, -0.2) is 9.37 Å². The van der Waals surface area contributed by atoms with Crippen molar-refractivity contribution in [3.05, 3.63) is 70.8 Å². The highest BCUT2D eigenvalue weighted by Gasteiger charge is 2.37. The first-order valence-electron chi connectivity index (χ1n) is 11.2. The molecule has 10 heteroatoms. The van der Waals surface area contributed by atoms with Gasteiger partial charge in [-0.1, -0.05) is 30.9 Å². The van der Waals surface area contributed by atoms with Crippen LogP contribution in [0.15, 0.2) is 43.0 Å². The Bertz CT molecular complexity index is 1180. The fourth-order valence-electron chi connectivity index (χ4n) is 4.36. The van der Waals surface area contributed by atoms with Crippen LogP contribution in [0, 0.1) is 12.7 Å². The molecule has 1 N–H and O–H groups in total. The van der Waals surface area contributed by atoms with E-state index < -0.39 is 17.8 Å². The summed E-state index contributed by atoms with van der Waals surface area (Å²) < 4.78 is 15.6. The van der Waals surface area contributed by atoms with Crippen molar-refractivity contribution in [3.63, 3.8) is 0 Å². The first kappa shape index (κ1) is 23.8. The van der Waals surface area contributed by atoms with Gasteiger partial charge in [0.15, 0.2) is 0 Å². The van der Waals surface area contributed by atoms with E-state index in [0.29, 0.717) is 11.3 Å². The third kappa shape index (κ3) is 5.09. The summed E-state index contributed by atoms with van der Waals surface area (Å²) >= 11 is 6.07. The number of halogens is 2. The van der Waals surface area contributed by atoms with Crippen molar-refractivity contribution in [3.8, 4) is 0 Å². The van der Waals surface area contributed by atoms with E-state index in [1.165, 1.54) is 41.7 Å². The van der Waals surface area contributed by atoms with Crippen LogP contribution in [0.4, 0.5) is 10.1 Å². The highest BCUT2D eigenvalue weighted by molar-refractivity contribution is 6.31. The molecule has 1 unspecified atom stereocenters. The van der Waals surface area contributed by atoms with Crippen molar-refractivity contribution in [2.24, 2.45) is 7.05 Å². The molecule has 2 aromatic heterocycles. The monoisotopic (exact) mass is 484 g/mol. The number of hydrogen-bond acceptors (Lipinski definition) is 5. The summed E-state index contributed by atoms with van der Waals surface area (Å²) in [6.45, 7) is 1.78. The maximum absolute atomic E-state index is 14.0. The Labute approximate surface area is 202 Å². The standard InChI is InChI=1S/C24H26ClFN6O2/c1-15-18(14-31(2)30-15)22(23(33)29-16-6-4-3-5-7-16)32(17-8-9-20(26)19(25)12-17)24(34)21-13-27-10-11-28-21/h8-14,16,22H,3-7H2,1-2H3,(H,29,33). The van der Waals surface area contributed by atoms with Gasteiger partial charge >= 0.3 is 0 Å². The van der Waals surface area contributed by atoms with Gasteiger partial charge in [0.2, 0.25) is 5.91 Å². The topological polar surface area (TPSA) is 93.0 Å². The zero-order chi connectivity index (χ0) is 24.2. The molecule has 0 saturated heterocycles. The van der Waals surface area contributed by atoms with E-state index in [9.17, 15) is 14.0 Å². The van der Waals surface area contributed by atoms with Crippen LogP contribution in [-0.2, 0) is 11.8 Å². The van der Waals surface area contributed by atoms with Gasteiger partial charge in [-0.05, 0) is 38.0 Å². The maximum atomic E-state index is 14.0. The van der Waals surface area contributed by atoms with Crippen molar-refractivity contribution >= 4 is 29.1 Å². The molecular formula is C24H26ClFN6O2. The van der Waals surface area contributed by atoms with Crippen molar-refractivity contribution in [2.45, 2.75) is 51.1 Å². The lowest BCUT2D eigenvalue weighted by atomic mass is 9.94.